The molecule has 1 unspecified atom stereocenters. The van der Waals surface area contributed by atoms with Gasteiger partial charge in [-0.1, -0.05) is 24.3 Å². The molecular weight excluding hydrogens is 515 g/mol. The second-order valence-electron chi connectivity index (χ2n) is 8.79. The van der Waals surface area contributed by atoms with E-state index in [-0.39, 0.29) is 41.2 Å². The van der Waals surface area contributed by atoms with Crippen molar-refractivity contribution in [1.82, 2.24) is 15.2 Å². The number of aliphatic imine (C=N–C) groups is 1. The van der Waals surface area contributed by atoms with Gasteiger partial charge in [-0.05, 0) is 57.6 Å². The van der Waals surface area contributed by atoms with E-state index < -0.39 is 0 Å². The van der Waals surface area contributed by atoms with Gasteiger partial charge in [-0.15, -0.1) is 24.0 Å². The largest absolute Gasteiger partial charge is 0.487 e. The van der Waals surface area contributed by atoms with Gasteiger partial charge in [0.05, 0.1) is 6.04 Å². The Labute approximate surface area is 207 Å². The van der Waals surface area contributed by atoms with Gasteiger partial charge >= 0.3 is 0 Å². The molecule has 4 rings (SSSR count). The summed E-state index contributed by atoms with van der Waals surface area (Å²) < 4.78 is 8.31. The van der Waals surface area contributed by atoms with Gasteiger partial charge in [0.15, 0.2) is 5.96 Å². The van der Waals surface area contributed by atoms with Crippen molar-refractivity contribution in [3.05, 3.63) is 64.1 Å². The number of para-hydroxylation sites is 1. The highest BCUT2D eigenvalue weighted by molar-refractivity contribution is 14.0. The molecule has 2 aliphatic rings. The van der Waals surface area contributed by atoms with Crippen LogP contribution < -0.4 is 20.9 Å². The first-order chi connectivity index (χ1) is 15.1. The molecule has 0 amide bonds. The van der Waals surface area contributed by atoms with Crippen LogP contribution in [-0.4, -0.2) is 29.7 Å². The molecule has 2 aromatic rings. The number of nitrogens with zero attached hydrogens (tertiary/aromatic N) is 2. The number of rotatable bonds is 6. The van der Waals surface area contributed by atoms with E-state index in [2.05, 4.69) is 39.9 Å². The molecule has 1 atom stereocenters. The summed E-state index contributed by atoms with van der Waals surface area (Å²) >= 11 is 0. The summed E-state index contributed by atoms with van der Waals surface area (Å²) in [6.45, 7) is 3.54. The SMILES string of the molecule is CN=C(NCCCCn1c(C)cccc1=O)NC1CC2(CCCC2)Oc2ccccc21.I. The highest BCUT2D eigenvalue weighted by Crippen LogP contribution is 2.46. The molecule has 1 fully saturated rings. The highest BCUT2D eigenvalue weighted by Gasteiger charge is 2.43. The molecule has 1 spiro atoms. The van der Waals surface area contributed by atoms with Crippen LogP contribution in [0.25, 0.3) is 0 Å². The Hall–Kier alpha value is -2.03. The number of aromatic nitrogens is 1. The summed E-state index contributed by atoms with van der Waals surface area (Å²) in [6, 6.07) is 14.0. The first kappa shape index (κ1) is 24.6. The van der Waals surface area contributed by atoms with Crippen LogP contribution in [0.4, 0.5) is 0 Å². The summed E-state index contributed by atoms with van der Waals surface area (Å²) in [5.41, 5.74) is 2.26. The quantitative estimate of drug-likeness (QED) is 0.240. The summed E-state index contributed by atoms with van der Waals surface area (Å²) in [6.07, 6.45) is 7.62. The lowest BCUT2D eigenvalue weighted by molar-refractivity contribution is 0.0396. The number of fused-ring (bicyclic) bond motifs is 1. The Morgan fingerprint density at radius 3 is 2.69 bits per heavy atom. The molecule has 2 heterocycles. The molecule has 2 N–H and O–H groups in total. The van der Waals surface area contributed by atoms with E-state index >= 15 is 0 Å². The Bertz CT molecular complexity index is 982. The van der Waals surface area contributed by atoms with E-state index in [1.165, 1.54) is 18.4 Å². The maximum Gasteiger partial charge on any atom is 0.250 e. The van der Waals surface area contributed by atoms with Crippen LogP contribution in [0, 0.1) is 6.92 Å². The topological polar surface area (TPSA) is 67.7 Å². The lowest BCUT2D eigenvalue weighted by Gasteiger charge is -2.40. The van der Waals surface area contributed by atoms with Gasteiger partial charge in [0.2, 0.25) is 0 Å². The number of ether oxygens (including phenoxy) is 1. The van der Waals surface area contributed by atoms with E-state index in [1.807, 2.05) is 30.7 Å². The van der Waals surface area contributed by atoms with Crippen molar-refractivity contribution < 1.29 is 4.74 Å². The number of aryl methyl sites for hydroxylation is 1. The van der Waals surface area contributed by atoms with E-state index in [0.29, 0.717) is 0 Å². The molecule has 6 nitrogen and oxygen atoms in total. The van der Waals surface area contributed by atoms with Crippen molar-refractivity contribution in [2.75, 3.05) is 13.6 Å². The lowest BCUT2D eigenvalue weighted by Crippen LogP contribution is -2.46. The minimum absolute atomic E-state index is 0. The molecule has 0 bridgehead atoms. The third-order valence-electron chi connectivity index (χ3n) is 6.62. The Morgan fingerprint density at radius 2 is 1.94 bits per heavy atom. The predicted molar refractivity (Wildman–Crippen MR) is 140 cm³/mol. The molecule has 174 valence electrons. The molecule has 32 heavy (non-hydrogen) atoms. The Morgan fingerprint density at radius 1 is 1.16 bits per heavy atom. The van der Waals surface area contributed by atoms with Crippen LogP contribution in [0.1, 0.15) is 62.2 Å². The average molecular weight is 550 g/mol. The number of nitrogens with one attached hydrogen (secondary N) is 2. The smallest absolute Gasteiger partial charge is 0.250 e. The molecule has 7 heteroatoms. The molecule has 0 radical (unpaired) electrons. The van der Waals surface area contributed by atoms with Crippen molar-refractivity contribution in [3.63, 3.8) is 0 Å². The van der Waals surface area contributed by atoms with Gasteiger partial charge in [-0.25, -0.2) is 0 Å². The van der Waals surface area contributed by atoms with Crippen molar-refractivity contribution in [1.29, 1.82) is 0 Å². The van der Waals surface area contributed by atoms with Gasteiger partial charge in [0.1, 0.15) is 11.4 Å². The first-order valence-corrected chi connectivity index (χ1v) is 11.5. The van der Waals surface area contributed by atoms with Crippen molar-refractivity contribution in [3.8, 4) is 5.75 Å². The summed E-state index contributed by atoms with van der Waals surface area (Å²) in [4.78, 5) is 16.4. The number of hydrogen-bond donors (Lipinski definition) is 2. The number of halogens is 1. The van der Waals surface area contributed by atoms with E-state index in [0.717, 1.165) is 62.6 Å². The normalized spacial score (nSPS) is 19.1. The summed E-state index contributed by atoms with van der Waals surface area (Å²) in [5.74, 6) is 1.83. The number of guanidine groups is 1. The molecule has 1 saturated carbocycles. The third-order valence-corrected chi connectivity index (χ3v) is 6.62. The fraction of sp³-hybridized carbons (Fsp3) is 0.520. The maximum atomic E-state index is 12.0. The van der Waals surface area contributed by atoms with Crippen molar-refractivity contribution >= 4 is 29.9 Å². The fourth-order valence-electron chi connectivity index (χ4n) is 4.94. The van der Waals surface area contributed by atoms with Crippen LogP contribution >= 0.6 is 24.0 Å². The molecule has 1 aliphatic carbocycles. The van der Waals surface area contributed by atoms with Gasteiger partial charge in [-0.2, -0.15) is 0 Å². The lowest BCUT2D eigenvalue weighted by atomic mass is 9.86. The number of pyridine rings is 1. The second kappa shape index (κ2) is 11.2. The zero-order valence-corrected chi connectivity index (χ0v) is 21.4. The van der Waals surface area contributed by atoms with Crippen LogP contribution in [0.3, 0.4) is 0 Å². The van der Waals surface area contributed by atoms with Crippen molar-refractivity contribution in [2.24, 2.45) is 4.99 Å². The van der Waals surface area contributed by atoms with E-state index in [4.69, 9.17) is 4.74 Å². The van der Waals surface area contributed by atoms with Crippen LogP contribution in [0.5, 0.6) is 5.75 Å². The van der Waals surface area contributed by atoms with Gasteiger partial charge in [-0.3, -0.25) is 9.79 Å². The summed E-state index contributed by atoms with van der Waals surface area (Å²) in [5, 5.41) is 7.10. The number of unbranched alkanes of at least 4 members (excludes halogenated alkanes) is 1. The third kappa shape index (κ3) is 5.66. The molecular formula is C25H35IN4O2. The Balaban J connectivity index is 0.00000289. The van der Waals surface area contributed by atoms with Gasteiger partial charge in [0.25, 0.3) is 5.56 Å². The number of hydrogen-bond acceptors (Lipinski definition) is 3. The maximum absolute atomic E-state index is 12.0. The van der Waals surface area contributed by atoms with Crippen molar-refractivity contribution in [2.45, 2.75) is 70.1 Å². The number of benzene rings is 1. The van der Waals surface area contributed by atoms with E-state index in [9.17, 15) is 4.79 Å². The second-order valence-corrected chi connectivity index (χ2v) is 8.79. The van der Waals surface area contributed by atoms with Gasteiger partial charge in [0, 0.05) is 43.9 Å². The summed E-state index contributed by atoms with van der Waals surface area (Å²) in [7, 11) is 1.82. The minimum atomic E-state index is -0.0360. The standard InChI is InChI=1S/C25H34N4O2.HI/c1-19-10-9-13-23(30)29(19)17-8-7-16-27-24(26-2)28-21-18-25(14-5-6-15-25)31-22-12-4-3-11-20(21)22;/h3-4,9-13,21H,5-8,14-18H2,1-2H3,(H2,26,27,28);1H. The first-order valence-electron chi connectivity index (χ1n) is 11.5. The zero-order valence-electron chi connectivity index (χ0n) is 19.1. The highest BCUT2D eigenvalue weighted by atomic mass is 127. The Kier molecular flexibility index (Phi) is 8.62. The fourth-order valence-corrected chi connectivity index (χ4v) is 4.94. The van der Waals surface area contributed by atoms with Crippen LogP contribution in [-0.2, 0) is 6.54 Å². The molecule has 1 aromatic carbocycles. The minimum Gasteiger partial charge on any atom is -0.487 e. The van der Waals surface area contributed by atoms with E-state index in [1.54, 1.807) is 6.07 Å². The predicted octanol–water partition coefficient (Wildman–Crippen LogP) is 4.56. The van der Waals surface area contributed by atoms with Crippen LogP contribution in [0.15, 0.2) is 52.3 Å². The van der Waals surface area contributed by atoms with Crippen LogP contribution in [0.2, 0.25) is 0 Å². The monoisotopic (exact) mass is 550 g/mol. The average Bonchev–Trinajstić information content (AvgIpc) is 3.21. The van der Waals surface area contributed by atoms with Gasteiger partial charge < -0.3 is 19.9 Å². The molecule has 1 aromatic heterocycles. The zero-order chi connectivity index (χ0) is 21.7. The molecule has 1 aliphatic heterocycles. The molecule has 0 saturated heterocycles.